The summed E-state index contributed by atoms with van der Waals surface area (Å²) < 4.78 is 51.8. The third-order valence-electron chi connectivity index (χ3n) is 3.62. The number of carbonyl (C=O) groups excluding carboxylic acids is 1. The molecule has 0 fully saturated rings. The molecule has 1 N–H and O–H groups in total. The van der Waals surface area contributed by atoms with Crippen molar-refractivity contribution in [3.8, 4) is 0 Å². The van der Waals surface area contributed by atoms with Gasteiger partial charge in [-0.1, -0.05) is 30.0 Å². The second kappa shape index (κ2) is 8.74. The highest BCUT2D eigenvalue weighted by Gasteiger charge is 2.30. The van der Waals surface area contributed by atoms with E-state index in [9.17, 15) is 22.4 Å². The van der Waals surface area contributed by atoms with Crippen molar-refractivity contribution >= 4 is 34.7 Å². The van der Waals surface area contributed by atoms with Crippen LogP contribution in [0.5, 0.6) is 0 Å². The molecule has 0 saturated heterocycles. The molecule has 0 spiro atoms. The molecule has 0 saturated carbocycles. The van der Waals surface area contributed by atoms with Gasteiger partial charge in [0.15, 0.2) is 0 Å². The van der Waals surface area contributed by atoms with Crippen molar-refractivity contribution in [3.05, 3.63) is 76.5 Å². The number of hydrogen-bond donors (Lipinski definition) is 1. The van der Waals surface area contributed by atoms with Gasteiger partial charge in [-0.05, 0) is 35.9 Å². The summed E-state index contributed by atoms with van der Waals surface area (Å²) in [5.74, 6) is -0.124. The average Bonchev–Trinajstić information content (AvgIpc) is 3.08. The maximum absolute atomic E-state index is 12.9. The largest absolute Gasteiger partial charge is 0.416 e. The molecule has 0 aliphatic rings. The molecule has 3 aromatic rings. The molecule has 3 rings (SSSR count). The number of amides is 1. The van der Waals surface area contributed by atoms with Crippen LogP contribution >= 0.6 is 23.1 Å². The van der Waals surface area contributed by atoms with E-state index in [-0.39, 0.29) is 17.9 Å². The van der Waals surface area contributed by atoms with Gasteiger partial charge in [0, 0.05) is 16.8 Å². The summed E-state index contributed by atoms with van der Waals surface area (Å²) in [6.07, 6.45) is -4.50. The number of thiazole rings is 1. The van der Waals surface area contributed by atoms with Crippen molar-refractivity contribution < 1.29 is 22.4 Å². The van der Waals surface area contributed by atoms with Crippen LogP contribution < -0.4 is 5.32 Å². The summed E-state index contributed by atoms with van der Waals surface area (Å²) in [6, 6.07) is 10.6. The lowest BCUT2D eigenvalue weighted by molar-refractivity contribution is -0.137. The van der Waals surface area contributed by atoms with E-state index in [1.54, 1.807) is 17.5 Å². The van der Waals surface area contributed by atoms with E-state index >= 15 is 0 Å². The molecule has 3 nitrogen and oxygen atoms in total. The molecule has 1 aromatic heterocycles. The van der Waals surface area contributed by atoms with Crippen molar-refractivity contribution in [1.82, 2.24) is 4.98 Å². The highest BCUT2D eigenvalue weighted by Crippen LogP contribution is 2.31. The fraction of sp³-hybridized carbons (Fsp3) is 0.158. The fourth-order valence-electron chi connectivity index (χ4n) is 2.30. The number of nitrogens with one attached hydrogen (secondary N) is 1. The maximum Gasteiger partial charge on any atom is 0.416 e. The summed E-state index contributed by atoms with van der Waals surface area (Å²) >= 11 is 2.84. The Labute approximate surface area is 166 Å². The van der Waals surface area contributed by atoms with Crippen molar-refractivity contribution in [2.45, 2.75) is 22.7 Å². The zero-order valence-electron chi connectivity index (χ0n) is 14.3. The Kier molecular flexibility index (Phi) is 6.35. The quantitative estimate of drug-likeness (QED) is 0.402. The van der Waals surface area contributed by atoms with Gasteiger partial charge in [0.1, 0.15) is 10.2 Å². The number of rotatable bonds is 6. The number of nitrogens with zero attached hydrogens (tertiary/aromatic N) is 1. The van der Waals surface area contributed by atoms with Gasteiger partial charge in [-0.3, -0.25) is 4.79 Å². The number of aromatic nitrogens is 1. The molecule has 146 valence electrons. The van der Waals surface area contributed by atoms with E-state index < -0.39 is 17.6 Å². The van der Waals surface area contributed by atoms with Gasteiger partial charge in [0.25, 0.3) is 0 Å². The highest BCUT2D eigenvalue weighted by atomic mass is 32.2. The zero-order chi connectivity index (χ0) is 20.1. The van der Waals surface area contributed by atoms with Gasteiger partial charge in [0.2, 0.25) is 5.91 Å². The monoisotopic (exact) mass is 426 g/mol. The van der Waals surface area contributed by atoms with Crippen molar-refractivity contribution in [2.75, 3.05) is 5.32 Å². The van der Waals surface area contributed by atoms with Crippen LogP contribution in [0.25, 0.3) is 0 Å². The summed E-state index contributed by atoms with van der Waals surface area (Å²) in [4.78, 5) is 16.4. The van der Waals surface area contributed by atoms with E-state index in [0.717, 1.165) is 22.0 Å². The zero-order valence-corrected chi connectivity index (χ0v) is 15.9. The minimum absolute atomic E-state index is 0.0378. The van der Waals surface area contributed by atoms with Crippen LogP contribution in [0.2, 0.25) is 0 Å². The Morgan fingerprint density at radius 1 is 1.14 bits per heavy atom. The Bertz CT molecular complexity index is 955. The molecule has 0 bridgehead atoms. The summed E-state index contributed by atoms with van der Waals surface area (Å²) in [5.41, 5.74) is 0.751. The molecule has 1 heterocycles. The minimum atomic E-state index is -4.47. The van der Waals surface area contributed by atoms with Crippen LogP contribution in [0.3, 0.4) is 0 Å². The Morgan fingerprint density at radius 2 is 1.89 bits per heavy atom. The second-order valence-corrected chi connectivity index (χ2v) is 7.90. The number of anilines is 1. The lowest BCUT2D eigenvalue weighted by Gasteiger charge is -2.09. The Hall–Kier alpha value is -2.39. The first-order valence-corrected chi connectivity index (χ1v) is 9.95. The van der Waals surface area contributed by atoms with Gasteiger partial charge >= 0.3 is 6.18 Å². The van der Waals surface area contributed by atoms with E-state index in [0.29, 0.717) is 11.4 Å². The minimum Gasteiger partial charge on any atom is -0.326 e. The van der Waals surface area contributed by atoms with E-state index in [2.05, 4.69) is 10.3 Å². The first-order valence-electron chi connectivity index (χ1n) is 8.08. The van der Waals surface area contributed by atoms with Crippen molar-refractivity contribution in [3.63, 3.8) is 0 Å². The lowest BCUT2D eigenvalue weighted by atomic mass is 10.2. The normalized spacial score (nSPS) is 11.4. The molecule has 2 aromatic carbocycles. The molecule has 28 heavy (non-hydrogen) atoms. The SMILES string of the molecule is O=C(Cc1csc(SCc2ccc(F)cc2)n1)Nc1cccc(C(F)(F)F)c1. The van der Waals surface area contributed by atoms with Gasteiger partial charge in [-0.15, -0.1) is 11.3 Å². The predicted octanol–water partition coefficient (Wildman–Crippen LogP) is 5.77. The molecular weight excluding hydrogens is 412 g/mol. The predicted molar refractivity (Wildman–Crippen MR) is 102 cm³/mol. The molecule has 1 amide bonds. The number of hydrogen-bond acceptors (Lipinski definition) is 4. The number of halogens is 4. The summed E-state index contributed by atoms with van der Waals surface area (Å²) in [6.45, 7) is 0. The summed E-state index contributed by atoms with van der Waals surface area (Å²) in [7, 11) is 0. The van der Waals surface area contributed by atoms with Gasteiger partial charge < -0.3 is 5.32 Å². The topological polar surface area (TPSA) is 42.0 Å². The summed E-state index contributed by atoms with van der Waals surface area (Å²) in [5, 5.41) is 4.19. The van der Waals surface area contributed by atoms with Gasteiger partial charge in [-0.2, -0.15) is 13.2 Å². The van der Waals surface area contributed by atoms with Crippen LogP contribution in [0.4, 0.5) is 23.2 Å². The van der Waals surface area contributed by atoms with E-state index in [4.69, 9.17) is 0 Å². The van der Waals surface area contributed by atoms with Crippen molar-refractivity contribution in [1.29, 1.82) is 0 Å². The first-order chi connectivity index (χ1) is 13.3. The molecule has 0 atom stereocenters. The standard InChI is InChI=1S/C19H14F4N2OS2/c20-14-6-4-12(5-7-14)10-27-18-25-16(11-28-18)9-17(26)24-15-3-1-2-13(8-15)19(21,22)23/h1-8,11H,9-10H2,(H,24,26). The molecular formula is C19H14F4N2OS2. The fourth-order valence-corrected chi connectivity index (χ4v) is 4.11. The Balaban J connectivity index is 1.54. The number of carbonyl (C=O) groups is 1. The molecule has 9 heteroatoms. The molecule has 0 radical (unpaired) electrons. The van der Waals surface area contributed by atoms with Crippen molar-refractivity contribution in [2.24, 2.45) is 0 Å². The third-order valence-corrected chi connectivity index (χ3v) is 5.76. The highest BCUT2D eigenvalue weighted by molar-refractivity contribution is 8.00. The van der Waals surface area contributed by atoms with E-state index in [1.165, 1.54) is 47.4 Å². The molecule has 0 aliphatic carbocycles. The van der Waals surface area contributed by atoms with Crippen LogP contribution in [-0.4, -0.2) is 10.9 Å². The average molecular weight is 426 g/mol. The number of thioether (sulfide) groups is 1. The van der Waals surface area contributed by atoms with Gasteiger partial charge in [-0.25, -0.2) is 9.37 Å². The first kappa shape index (κ1) is 20.3. The second-order valence-electron chi connectivity index (χ2n) is 5.82. The van der Waals surface area contributed by atoms with Crippen LogP contribution in [-0.2, 0) is 23.1 Å². The number of alkyl halides is 3. The van der Waals surface area contributed by atoms with Crippen LogP contribution in [0.15, 0.2) is 58.3 Å². The van der Waals surface area contributed by atoms with E-state index in [1.807, 2.05) is 0 Å². The van der Waals surface area contributed by atoms with Gasteiger partial charge in [0.05, 0.1) is 17.7 Å². The maximum atomic E-state index is 12.9. The third kappa shape index (κ3) is 5.80. The molecule has 0 aliphatic heterocycles. The smallest absolute Gasteiger partial charge is 0.326 e. The molecule has 0 unspecified atom stereocenters. The lowest BCUT2D eigenvalue weighted by Crippen LogP contribution is -2.15. The Morgan fingerprint density at radius 3 is 2.61 bits per heavy atom. The van der Waals surface area contributed by atoms with Crippen LogP contribution in [0.1, 0.15) is 16.8 Å². The number of benzene rings is 2. The van der Waals surface area contributed by atoms with Crippen LogP contribution in [0, 0.1) is 5.82 Å².